The Morgan fingerprint density at radius 3 is 2.86 bits per heavy atom. The molecule has 0 bridgehead atoms. The molecular weight excluding hydrogens is 266 g/mol. The monoisotopic (exact) mass is 291 g/mol. The number of rotatable bonds is 4. The topological polar surface area (TPSA) is 71.5 Å². The molecule has 5 heteroatoms. The van der Waals surface area contributed by atoms with Crippen LogP contribution in [0.3, 0.4) is 0 Å². The zero-order valence-electron chi connectivity index (χ0n) is 12.7. The van der Waals surface area contributed by atoms with Crippen LogP contribution in [-0.2, 0) is 6.54 Å². The first-order valence-electron chi connectivity index (χ1n) is 8.03. The van der Waals surface area contributed by atoms with E-state index in [1.165, 1.54) is 38.5 Å². The lowest BCUT2D eigenvalue weighted by atomic mass is 9.96. The second kappa shape index (κ2) is 6.20. The number of nitrogens with one attached hydrogen (secondary N) is 1. The van der Waals surface area contributed by atoms with Crippen LogP contribution in [0.2, 0.25) is 0 Å². The molecule has 1 unspecified atom stereocenters. The maximum atomic E-state index is 11.6. The molecular formula is C16H25N3O2. The van der Waals surface area contributed by atoms with Gasteiger partial charge in [0, 0.05) is 11.6 Å². The third kappa shape index (κ3) is 2.99. The van der Waals surface area contributed by atoms with E-state index >= 15 is 0 Å². The van der Waals surface area contributed by atoms with Gasteiger partial charge in [0.05, 0.1) is 6.54 Å². The smallest absolute Gasteiger partial charge is 0.301 e. The van der Waals surface area contributed by atoms with Gasteiger partial charge in [-0.25, -0.2) is 5.84 Å². The summed E-state index contributed by atoms with van der Waals surface area (Å²) in [4.78, 5) is 14.2. The average molecular weight is 291 g/mol. The second-order valence-corrected chi connectivity index (χ2v) is 6.42. The number of nitrogens with two attached hydrogens (primary N) is 1. The predicted molar refractivity (Wildman–Crippen MR) is 80.5 cm³/mol. The molecule has 2 heterocycles. The number of likely N-dealkylation sites (tertiary alicyclic amines) is 1. The third-order valence-electron chi connectivity index (χ3n) is 5.02. The number of carbonyl (C=O) groups is 1. The van der Waals surface area contributed by atoms with E-state index in [9.17, 15) is 4.79 Å². The molecule has 0 spiro atoms. The molecule has 1 aliphatic heterocycles. The molecule has 1 aliphatic carbocycles. The van der Waals surface area contributed by atoms with Gasteiger partial charge in [-0.1, -0.05) is 12.8 Å². The number of hydrogen-bond donors (Lipinski definition) is 2. The molecule has 1 aromatic rings. The Morgan fingerprint density at radius 2 is 2.14 bits per heavy atom. The SMILES string of the molecule is Cc1cc(CN2CCCC2C2CCCC2)oc1C(=O)NN. The summed E-state index contributed by atoms with van der Waals surface area (Å²) in [5.41, 5.74) is 2.99. The maximum Gasteiger partial charge on any atom is 0.301 e. The quantitative estimate of drug-likeness (QED) is 0.507. The van der Waals surface area contributed by atoms with Crippen molar-refractivity contribution in [2.45, 2.75) is 58.0 Å². The van der Waals surface area contributed by atoms with Crippen LogP contribution in [0.25, 0.3) is 0 Å². The Morgan fingerprint density at radius 1 is 1.38 bits per heavy atom. The van der Waals surface area contributed by atoms with Crippen LogP contribution in [0.1, 0.15) is 60.4 Å². The normalized spacial score (nSPS) is 23.8. The fourth-order valence-corrected chi connectivity index (χ4v) is 4.04. The summed E-state index contributed by atoms with van der Waals surface area (Å²) >= 11 is 0. The molecule has 0 aromatic carbocycles. The van der Waals surface area contributed by atoms with Crippen molar-refractivity contribution in [3.63, 3.8) is 0 Å². The summed E-state index contributed by atoms with van der Waals surface area (Å²) in [6.45, 7) is 3.83. The Balaban J connectivity index is 1.69. The molecule has 116 valence electrons. The van der Waals surface area contributed by atoms with Crippen LogP contribution < -0.4 is 11.3 Å². The van der Waals surface area contributed by atoms with E-state index in [1.807, 2.05) is 13.0 Å². The van der Waals surface area contributed by atoms with Crippen molar-refractivity contribution in [1.82, 2.24) is 10.3 Å². The van der Waals surface area contributed by atoms with Gasteiger partial charge in [0.2, 0.25) is 0 Å². The van der Waals surface area contributed by atoms with Gasteiger partial charge in [0.15, 0.2) is 5.76 Å². The first kappa shape index (κ1) is 14.6. The number of nitrogen functional groups attached to an aromatic ring is 1. The molecule has 5 nitrogen and oxygen atoms in total. The zero-order chi connectivity index (χ0) is 14.8. The summed E-state index contributed by atoms with van der Waals surface area (Å²) in [7, 11) is 0. The van der Waals surface area contributed by atoms with Gasteiger partial charge in [-0.05, 0) is 51.1 Å². The number of furan rings is 1. The first-order valence-corrected chi connectivity index (χ1v) is 8.03. The van der Waals surface area contributed by atoms with Crippen molar-refractivity contribution >= 4 is 5.91 Å². The van der Waals surface area contributed by atoms with Gasteiger partial charge < -0.3 is 4.42 Å². The van der Waals surface area contributed by atoms with Crippen LogP contribution in [0, 0.1) is 12.8 Å². The molecule has 1 amide bonds. The van der Waals surface area contributed by atoms with Crippen LogP contribution in [0.4, 0.5) is 0 Å². The molecule has 1 aromatic heterocycles. The number of aryl methyl sites for hydroxylation is 1. The lowest BCUT2D eigenvalue weighted by molar-refractivity contribution is 0.0919. The molecule has 3 N–H and O–H groups in total. The first-order chi connectivity index (χ1) is 10.2. The highest BCUT2D eigenvalue weighted by Gasteiger charge is 2.33. The summed E-state index contributed by atoms with van der Waals surface area (Å²) in [5, 5.41) is 0. The van der Waals surface area contributed by atoms with Crippen molar-refractivity contribution < 1.29 is 9.21 Å². The number of hydrogen-bond acceptors (Lipinski definition) is 4. The fourth-order valence-electron chi connectivity index (χ4n) is 4.04. The lowest BCUT2D eigenvalue weighted by Gasteiger charge is -2.28. The van der Waals surface area contributed by atoms with E-state index in [2.05, 4.69) is 10.3 Å². The number of nitrogens with zero attached hydrogens (tertiary/aromatic N) is 1. The highest BCUT2D eigenvalue weighted by Crippen LogP contribution is 2.36. The summed E-state index contributed by atoms with van der Waals surface area (Å²) in [6.07, 6.45) is 8.10. The van der Waals surface area contributed by atoms with E-state index in [1.54, 1.807) is 0 Å². The molecule has 1 saturated heterocycles. The maximum absolute atomic E-state index is 11.6. The van der Waals surface area contributed by atoms with Gasteiger partial charge in [-0.15, -0.1) is 0 Å². The Bertz CT molecular complexity index is 506. The molecule has 1 saturated carbocycles. The van der Waals surface area contributed by atoms with Crippen molar-refractivity contribution in [3.05, 3.63) is 23.2 Å². The number of hydrazine groups is 1. The van der Waals surface area contributed by atoms with Crippen LogP contribution in [0.5, 0.6) is 0 Å². The van der Waals surface area contributed by atoms with E-state index in [4.69, 9.17) is 10.3 Å². The summed E-state index contributed by atoms with van der Waals surface area (Å²) < 4.78 is 5.71. The minimum Gasteiger partial charge on any atom is -0.454 e. The number of carbonyl (C=O) groups excluding carboxylic acids is 1. The van der Waals surface area contributed by atoms with Gasteiger partial charge in [0.1, 0.15) is 5.76 Å². The van der Waals surface area contributed by atoms with Gasteiger partial charge in [0.25, 0.3) is 0 Å². The molecule has 2 aliphatic rings. The molecule has 1 atom stereocenters. The van der Waals surface area contributed by atoms with Crippen molar-refractivity contribution in [1.29, 1.82) is 0 Å². The van der Waals surface area contributed by atoms with Crippen LogP contribution in [-0.4, -0.2) is 23.4 Å². The van der Waals surface area contributed by atoms with Crippen LogP contribution in [0.15, 0.2) is 10.5 Å². The second-order valence-electron chi connectivity index (χ2n) is 6.42. The Labute approximate surface area is 125 Å². The van der Waals surface area contributed by atoms with Crippen molar-refractivity contribution in [3.8, 4) is 0 Å². The van der Waals surface area contributed by atoms with Gasteiger partial charge in [-0.3, -0.25) is 15.1 Å². The zero-order valence-corrected chi connectivity index (χ0v) is 12.7. The standard InChI is InChI=1S/C16H25N3O2/c1-11-9-13(21-15(11)16(20)18-17)10-19-8-4-7-14(19)12-5-2-3-6-12/h9,12,14H,2-8,10,17H2,1H3,(H,18,20). The Hall–Kier alpha value is -1.33. The minimum absolute atomic E-state index is 0.337. The Kier molecular flexibility index (Phi) is 4.31. The van der Waals surface area contributed by atoms with E-state index < -0.39 is 0 Å². The highest BCUT2D eigenvalue weighted by atomic mass is 16.4. The van der Waals surface area contributed by atoms with Crippen molar-refractivity contribution in [2.24, 2.45) is 11.8 Å². The summed E-state index contributed by atoms with van der Waals surface area (Å²) in [6, 6.07) is 2.67. The van der Waals surface area contributed by atoms with E-state index in [0.717, 1.165) is 30.3 Å². The largest absolute Gasteiger partial charge is 0.454 e. The van der Waals surface area contributed by atoms with E-state index in [0.29, 0.717) is 11.8 Å². The minimum atomic E-state index is -0.354. The van der Waals surface area contributed by atoms with Crippen LogP contribution >= 0.6 is 0 Å². The van der Waals surface area contributed by atoms with Crippen molar-refractivity contribution in [2.75, 3.05) is 6.54 Å². The molecule has 0 radical (unpaired) electrons. The van der Waals surface area contributed by atoms with E-state index in [-0.39, 0.29) is 5.91 Å². The molecule has 3 rings (SSSR count). The average Bonchev–Trinajstić information content (AvgIpc) is 3.18. The fraction of sp³-hybridized carbons (Fsp3) is 0.688. The highest BCUT2D eigenvalue weighted by molar-refractivity contribution is 5.92. The van der Waals surface area contributed by atoms with Gasteiger partial charge >= 0.3 is 5.91 Å². The van der Waals surface area contributed by atoms with Gasteiger partial charge in [-0.2, -0.15) is 0 Å². The molecule has 21 heavy (non-hydrogen) atoms. The predicted octanol–water partition coefficient (Wildman–Crippen LogP) is 2.35. The summed E-state index contributed by atoms with van der Waals surface area (Å²) in [5.74, 6) is 6.89. The lowest BCUT2D eigenvalue weighted by Crippen LogP contribution is -2.34. The molecule has 2 fully saturated rings. The third-order valence-corrected chi connectivity index (χ3v) is 5.02. The number of amides is 1.